The van der Waals surface area contributed by atoms with Gasteiger partial charge in [-0.15, -0.1) is 0 Å². The van der Waals surface area contributed by atoms with E-state index in [-0.39, 0.29) is 0 Å². The minimum Gasteiger partial charge on any atom is -0.313 e. The van der Waals surface area contributed by atoms with Gasteiger partial charge in [0.25, 0.3) is 0 Å². The molecule has 0 bridgehead atoms. The zero-order valence-corrected chi connectivity index (χ0v) is 12.5. The Hall–Kier alpha value is -1.10. The van der Waals surface area contributed by atoms with Crippen LogP contribution < -0.4 is 5.32 Å². The Morgan fingerprint density at radius 1 is 1.10 bits per heavy atom. The summed E-state index contributed by atoms with van der Waals surface area (Å²) < 4.78 is 26.6. The van der Waals surface area contributed by atoms with Crippen LogP contribution in [0, 0.1) is 11.6 Å². The summed E-state index contributed by atoms with van der Waals surface area (Å²) in [6, 6.07) is 9.08. The minimum atomic E-state index is -0.578. The summed E-state index contributed by atoms with van der Waals surface area (Å²) in [5.74, 6) is -1.14. The Morgan fingerprint density at radius 3 is 2.60 bits per heavy atom. The molecule has 0 saturated carbocycles. The molecule has 5 heteroatoms. The molecule has 1 nitrogen and oxygen atoms in total. The van der Waals surface area contributed by atoms with Crippen molar-refractivity contribution in [2.45, 2.75) is 23.3 Å². The summed E-state index contributed by atoms with van der Waals surface area (Å²) in [5, 5.41) is 3.82. The first-order chi connectivity index (χ1) is 9.60. The molecule has 2 aromatic carbocycles. The van der Waals surface area contributed by atoms with E-state index in [9.17, 15) is 8.78 Å². The van der Waals surface area contributed by atoms with Crippen LogP contribution in [0.2, 0.25) is 5.02 Å². The quantitative estimate of drug-likeness (QED) is 0.844. The number of benzene rings is 2. The van der Waals surface area contributed by atoms with Crippen molar-refractivity contribution in [1.29, 1.82) is 0 Å². The second-order valence-corrected chi connectivity index (χ2v) is 5.73. The topological polar surface area (TPSA) is 12.0 Å². The lowest BCUT2D eigenvalue weighted by Gasteiger charge is -2.11. The largest absolute Gasteiger partial charge is 0.313 e. The third-order valence-corrected chi connectivity index (χ3v) is 4.09. The fraction of sp³-hybridized carbons (Fsp3) is 0.200. The number of hydrogen-bond donors (Lipinski definition) is 1. The van der Waals surface area contributed by atoms with Crippen LogP contribution in [0.5, 0.6) is 0 Å². The zero-order chi connectivity index (χ0) is 14.5. The number of nitrogens with one attached hydrogen (secondary N) is 1. The summed E-state index contributed by atoms with van der Waals surface area (Å²) in [6.45, 7) is 3.54. The van der Waals surface area contributed by atoms with Gasteiger partial charge in [-0.2, -0.15) is 0 Å². The van der Waals surface area contributed by atoms with Gasteiger partial charge in [0.2, 0.25) is 0 Å². The molecule has 0 spiro atoms. The van der Waals surface area contributed by atoms with Gasteiger partial charge in [-0.3, -0.25) is 0 Å². The van der Waals surface area contributed by atoms with Crippen LogP contribution in [0.25, 0.3) is 0 Å². The predicted molar refractivity (Wildman–Crippen MR) is 79.3 cm³/mol. The van der Waals surface area contributed by atoms with Crippen molar-refractivity contribution in [2.24, 2.45) is 0 Å². The van der Waals surface area contributed by atoms with E-state index in [1.165, 1.54) is 23.9 Å². The van der Waals surface area contributed by atoms with Gasteiger partial charge in [0.15, 0.2) is 0 Å². The van der Waals surface area contributed by atoms with E-state index in [4.69, 9.17) is 11.6 Å². The maximum absolute atomic E-state index is 13.7. The monoisotopic (exact) mass is 313 g/mol. The molecule has 0 atom stereocenters. The standard InChI is InChI=1S/C15H14ClF2NS/c1-2-19-9-10-3-4-11(16)7-15(10)20-14-6-5-12(17)8-13(14)18/h3-8,19H,2,9H2,1H3. The van der Waals surface area contributed by atoms with Crippen LogP contribution in [-0.2, 0) is 6.54 Å². The van der Waals surface area contributed by atoms with Crippen molar-refractivity contribution in [1.82, 2.24) is 5.32 Å². The molecule has 1 N–H and O–H groups in total. The van der Waals surface area contributed by atoms with Crippen molar-refractivity contribution < 1.29 is 8.78 Å². The smallest absolute Gasteiger partial charge is 0.140 e. The fourth-order valence-corrected chi connectivity index (χ4v) is 2.93. The SMILES string of the molecule is CCNCc1ccc(Cl)cc1Sc1ccc(F)cc1F. The molecule has 0 aliphatic rings. The second kappa shape index (κ2) is 7.07. The third kappa shape index (κ3) is 3.95. The van der Waals surface area contributed by atoms with E-state index in [1.54, 1.807) is 12.1 Å². The first kappa shape index (κ1) is 15.3. The Labute approximate surface area is 126 Å². The lowest BCUT2D eigenvalue weighted by atomic mass is 10.2. The predicted octanol–water partition coefficient (Wildman–Crippen LogP) is 4.88. The molecule has 20 heavy (non-hydrogen) atoms. The Kier molecular flexibility index (Phi) is 5.40. The zero-order valence-electron chi connectivity index (χ0n) is 10.9. The fourth-order valence-electron chi connectivity index (χ4n) is 1.71. The van der Waals surface area contributed by atoms with E-state index in [2.05, 4.69) is 5.32 Å². The van der Waals surface area contributed by atoms with Gasteiger partial charge < -0.3 is 5.32 Å². The van der Waals surface area contributed by atoms with Gasteiger partial charge in [0, 0.05) is 27.4 Å². The molecule has 0 heterocycles. The molecule has 0 aromatic heterocycles. The normalized spacial score (nSPS) is 10.8. The average Bonchev–Trinajstić information content (AvgIpc) is 2.41. The highest BCUT2D eigenvalue weighted by molar-refractivity contribution is 7.99. The van der Waals surface area contributed by atoms with Crippen LogP contribution in [0.4, 0.5) is 8.78 Å². The van der Waals surface area contributed by atoms with Crippen LogP contribution >= 0.6 is 23.4 Å². The van der Waals surface area contributed by atoms with Crippen LogP contribution in [0.1, 0.15) is 12.5 Å². The summed E-state index contributed by atoms with van der Waals surface area (Å²) >= 11 is 7.24. The summed E-state index contributed by atoms with van der Waals surface area (Å²) in [6.07, 6.45) is 0. The van der Waals surface area contributed by atoms with Crippen molar-refractivity contribution >= 4 is 23.4 Å². The van der Waals surface area contributed by atoms with E-state index < -0.39 is 11.6 Å². The molecule has 0 aliphatic heterocycles. The molecule has 0 fully saturated rings. The lowest BCUT2D eigenvalue weighted by molar-refractivity contribution is 0.565. The van der Waals surface area contributed by atoms with Crippen molar-refractivity contribution in [3.05, 3.63) is 58.6 Å². The summed E-state index contributed by atoms with van der Waals surface area (Å²) in [5.41, 5.74) is 1.03. The Bertz CT molecular complexity index is 604. The molecule has 2 aromatic rings. The van der Waals surface area contributed by atoms with Gasteiger partial charge in [0.05, 0.1) is 0 Å². The van der Waals surface area contributed by atoms with E-state index in [0.717, 1.165) is 23.1 Å². The molecule has 0 saturated heterocycles. The van der Waals surface area contributed by atoms with Gasteiger partial charge in [-0.05, 0) is 36.4 Å². The molecule has 2 rings (SSSR count). The highest BCUT2D eigenvalue weighted by atomic mass is 35.5. The summed E-state index contributed by atoms with van der Waals surface area (Å²) in [4.78, 5) is 1.25. The maximum atomic E-state index is 13.7. The van der Waals surface area contributed by atoms with Gasteiger partial charge >= 0.3 is 0 Å². The molecule has 0 radical (unpaired) electrons. The van der Waals surface area contributed by atoms with E-state index >= 15 is 0 Å². The number of hydrogen-bond acceptors (Lipinski definition) is 2. The van der Waals surface area contributed by atoms with E-state index in [0.29, 0.717) is 16.5 Å². The van der Waals surface area contributed by atoms with Crippen LogP contribution in [-0.4, -0.2) is 6.54 Å². The molecular formula is C15H14ClF2NS. The summed E-state index contributed by atoms with van der Waals surface area (Å²) in [7, 11) is 0. The molecule has 0 amide bonds. The average molecular weight is 314 g/mol. The third-order valence-electron chi connectivity index (χ3n) is 2.71. The van der Waals surface area contributed by atoms with Crippen molar-refractivity contribution in [3.63, 3.8) is 0 Å². The molecule has 106 valence electrons. The van der Waals surface area contributed by atoms with E-state index in [1.807, 2.05) is 13.0 Å². The highest BCUT2D eigenvalue weighted by Gasteiger charge is 2.10. The van der Waals surface area contributed by atoms with Gasteiger partial charge in [-0.25, -0.2) is 8.78 Å². The molecular weight excluding hydrogens is 300 g/mol. The Morgan fingerprint density at radius 2 is 1.90 bits per heavy atom. The number of rotatable bonds is 5. The first-order valence-electron chi connectivity index (χ1n) is 6.22. The molecule has 0 aliphatic carbocycles. The highest BCUT2D eigenvalue weighted by Crippen LogP contribution is 2.34. The lowest BCUT2D eigenvalue weighted by Crippen LogP contribution is -2.12. The van der Waals surface area contributed by atoms with Crippen LogP contribution in [0.3, 0.4) is 0 Å². The first-order valence-corrected chi connectivity index (χ1v) is 7.41. The second-order valence-electron chi connectivity index (χ2n) is 4.21. The van der Waals surface area contributed by atoms with Crippen molar-refractivity contribution in [2.75, 3.05) is 6.54 Å². The Balaban J connectivity index is 2.29. The van der Waals surface area contributed by atoms with Gasteiger partial charge in [-0.1, -0.05) is 36.4 Å². The number of halogens is 3. The maximum Gasteiger partial charge on any atom is 0.140 e. The van der Waals surface area contributed by atoms with Gasteiger partial charge in [0.1, 0.15) is 11.6 Å². The van der Waals surface area contributed by atoms with Crippen LogP contribution in [0.15, 0.2) is 46.2 Å². The molecule has 0 unspecified atom stereocenters. The minimum absolute atomic E-state index is 0.381. The van der Waals surface area contributed by atoms with Crippen molar-refractivity contribution in [3.8, 4) is 0 Å².